The van der Waals surface area contributed by atoms with Crippen LogP contribution in [0.3, 0.4) is 0 Å². The van der Waals surface area contributed by atoms with Gasteiger partial charge in [-0.1, -0.05) is 17.7 Å². The maximum atomic E-state index is 6.10. The summed E-state index contributed by atoms with van der Waals surface area (Å²) < 4.78 is 0. The molecule has 2 rings (SSSR count). The zero-order valence-electron chi connectivity index (χ0n) is 10.3. The van der Waals surface area contributed by atoms with Crippen molar-refractivity contribution in [2.45, 2.75) is 6.42 Å². The second-order valence-electron chi connectivity index (χ2n) is 4.60. The maximum Gasteiger partial charge on any atom is 0.0426 e. The summed E-state index contributed by atoms with van der Waals surface area (Å²) >= 11 is 6.10. The Balaban J connectivity index is 2.20. The van der Waals surface area contributed by atoms with Crippen molar-refractivity contribution in [3.63, 3.8) is 0 Å². The Bertz CT molecular complexity index is 373. The third kappa shape index (κ3) is 3.12. The summed E-state index contributed by atoms with van der Waals surface area (Å²) in [5.74, 6) is 0. The lowest BCUT2D eigenvalue weighted by Crippen LogP contribution is -2.44. The molecule has 0 radical (unpaired) electrons. The molecule has 1 aliphatic rings. The van der Waals surface area contributed by atoms with Gasteiger partial charge in [0.25, 0.3) is 0 Å². The minimum atomic E-state index is 0.683. The molecule has 2 N–H and O–H groups in total. The standard InChI is InChI=1S/C13H20ClN3/c1-16-6-8-17(9-7-16)13-10-12(14)3-2-11(13)4-5-15/h2-3,10H,4-9,15H2,1H3. The molecule has 1 aromatic rings. The first-order chi connectivity index (χ1) is 8.20. The van der Waals surface area contributed by atoms with E-state index in [0.29, 0.717) is 6.54 Å². The van der Waals surface area contributed by atoms with Gasteiger partial charge in [0.1, 0.15) is 0 Å². The van der Waals surface area contributed by atoms with Gasteiger partial charge in [-0.3, -0.25) is 0 Å². The Hall–Kier alpha value is -0.770. The third-order valence-electron chi connectivity index (χ3n) is 3.30. The molecule has 1 fully saturated rings. The summed E-state index contributed by atoms with van der Waals surface area (Å²) in [7, 11) is 2.16. The van der Waals surface area contributed by atoms with E-state index in [1.807, 2.05) is 6.07 Å². The lowest BCUT2D eigenvalue weighted by molar-refractivity contribution is 0.312. The van der Waals surface area contributed by atoms with Crippen LogP contribution in [-0.4, -0.2) is 44.7 Å². The van der Waals surface area contributed by atoms with E-state index in [-0.39, 0.29) is 0 Å². The highest BCUT2D eigenvalue weighted by atomic mass is 35.5. The molecule has 0 unspecified atom stereocenters. The van der Waals surface area contributed by atoms with Gasteiger partial charge in [0.15, 0.2) is 0 Å². The first-order valence-electron chi connectivity index (χ1n) is 6.12. The number of nitrogens with two attached hydrogens (primary N) is 1. The van der Waals surface area contributed by atoms with Crippen molar-refractivity contribution in [2.75, 3.05) is 44.7 Å². The summed E-state index contributed by atoms with van der Waals surface area (Å²) in [5.41, 5.74) is 8.23. The summed E-state index contributed by atoms with van der Waals surface area (Å²) in [6.45, 7) is 5.02. The normalized spacial score (nSPS) is 17.5. The van der Waals surface area contributed by atoms with Crippen molar-refractivity contribution in [3.05, 3.63) is 28.8 Å². The Kier molecular flexibility index (Phi) is 4.26. The molecule has 1 heterocycles. The Morgan fingerprint density at radius 1 is 1.24 bits per heavy atom. The minimum absolute atomic E-state index is 0.683. The van der Waals surface area contributed by atoms with Crippen LogP contribution in [0.25, 0.3) is 0 Å². The maximum absolute atomic E-state index is 6.10. The fourth-order valence-corrected chi connectivity index (χ4v) is 2.41. The van der Waals surface area contributed by atoms with E-state index in [2.05, 4.69) is 29.0 Å². The molecular weight excluding hydrogens is 234 g/mol. The van der Waals surface area contributed by atoms with Gasteiger partial charge in [-0.05, 0) is 37.7 Å². The van der Waals surface area contributed by atoms with Crippen molar-refractivity contribution in [1.82, 2.24) is 4.90 Å². The number of hydrogen-bond donors (Lipinski definition) is 1. The molecule has 0 aromatic heterocycles. The van der Waals surface area contributed by atoms with E-state index >= 15 is 0 Å². The number of benzene rings is 1. The SMILES string of the molecule is CN1CCN(c2cc(Cl)ccc2CCN)CC1. The quantitative estimate of drug-likeness (QED) is 0.888. The third-order valence-corrected chi connectivity index (χ3v) is 3.54. The first kappa shape index (κ1) is 12.7. The average Bonchev–Trinajstić information content (AvgIpc) is 2.33. The fourth-order valence-electron chi connectivity index (χ4n) is 2.25. The van der Waals surface area contributed by atoms with Crippen LogP contribution < -0.4 is 10.6 Å². The van der Waals surface area contributed by atoms with Crippen LogP contribution >= 0.6 is 11.6 Å². The molecule has 3 nitrogen and oxygen atoms in total. The van der Waals surface area contributed by atoms with Crippen LogP contribution in [0, 0.1) is 0 Å². The Morgan fingerprint density at radius 2 is 1.94 bits per heavy atom. The largest absolute Gasteiger partial charge is 0.369 e. The van der Waals surface area contributed by atoms with E-state index < -0.39 is 0 Å². The Morgan fingerprint density at radius 3 is 2.59 bits per heavy atom. The van der Waals surface area contributed by atoms with Crippen LogP contribution in [0.15, 0.2) is 18.2 Å². The molecule has 1 aliphatic heterocycles. The second kappa shape index (κ2) is 5.71. The first-order valence-corrected chi connectivity index (χ1v) is 6.50. The van der Waals surface area contributed by atoms with Gasteiger partial charge in [-0.15, -0.1) is 0 Å². The lowest BCUT2D eigenvalue weighted by atomic mass is 10.1. The number of rotatable bonds is 3. The molecular formula is C13H20ClN3. The predicted molar refractivity (Wildman–Crippen MR) is 73.9 cm³/mol. The topological polar surface area (TPSA) is 32.5 Å². The number of piperazine rings is 1. The van der Waals surface area contributed by atoms with Crippen molar-refractivity contribution in [1.29, 1.82) is 0 Å². The van der Waals surface area contributed by atoms with Gasteiger partial charge >= 0.3 is 0 Å². The highest BCUT2D eigenvalue weighted by Crippen LogP contribution is 2.26. The van der Waals surface area contributed by atoms with Crippen LogP contribution in [0.2, 0.25) is 5.02 Å². The van der Waals surface area contributed by atoms with Gasteiger partial charge in [0.05, 0.1) is 0 Å². The van der Waals surface area contributed by atoms with Gasteiger partial charge < -0.3 is 15.5 Å². The zero-order valence-corrected chi connectivity index (χ0v) is 11.1. The smallest absolute Gasteiger partial charge is 0.0426 e. The summed E-state index contributed by atoms with van der Waals surface area (Å²) in [5, 5.41) is 0.805. The molecule has 17 heavy (non-hydrogen) atoms. The number of anilines is 1. The number of halogens is 1. The predicted octanol–water partition coefficient (Wildman–Crippen LogP) is 1.59. The monoisotopic (exact) mass is 253 g/mol. The number of likely N-dealkylation sites (N-methyl/N-ethyl adjacent to an activating group) is 1. The molecule has 4 heteroatoms. The minimum Gasteiger partial charge on any atom is -0.369 e. The van der Waals surface area contributed by atoms with Crippen molar-refractivity contribution in [2.24, 2.45) is 5.73 Å². The fraction of sp³-hybridized carbons (Fsp3) is 0.538. The van der Waals surface area contributed by atoms with Gasteiger partial charge in [0, 0.05) is 36.9 Å². The van der Waals surface area contributed by atoms with Gasteiger partial charge in [-0.2, -0.15) is 0 Å². The number of nitrogens with zero attached hydrogens (tertiary/aromatic N) is 2. The summed E-state index contributed by atoms with van der Waals surface area (Å²) in [4.78, 5) is 4.76. The summed E-state index contributed by atoms with van der Waals surface area (Å²) in [6, 6.07) is 6.12. The van der Waals surface area contributed by atoms with E-state index in [0.717, 1.165) is 37.6 Å². The second-order valence-corrected chi connectivity index (χ2v) is 5.04. The van der Waals surface area contributed by atoms with Gasteiger partial charge in [0.2, 0.25) is 0 Å². The average molecular weight is 254 g/mol. The molecule has 0 aliphatic carbocycles. The van der Waals surface area contributed by atoms with E-state index in [1.165, 1.54) is 11.3 Å². The van der Waals surface area contributed by atoms with Crippen LogP contribution in [0.5, 0.6) is 0 Å². The van der Waals surface area contributed by atoms with E-state index in [9.17, 15) is 0 Å². The van der Waals surface area contributed by atoms with Gasteiger partial charge in [-0.25, -0.2) is 0 Å². The van der Waals surface area contributed by atoms with Crippen molar-refractivity contribution >= 4 is 17.3 Å². The van der Waals surface area contributed by atoms with E-state index in [4.69, 9.17) is 17.3 Å². The highest BCUT2D eigenvalue weighted by Gasteiger charge is 2.16. The van der Waals surface area contributed by atoms with Crippen LogP contribution in [0.4, 0.5) is 5.69 Å². The van der Waals surface area contributed by atoms with Crippen molar-refractivity contribution in [3.8, 4) is 0 Å². The Labute approximate surface area is 108 Å². The highest BCUT2D eigenvalue weighted by molar-refractivity contribution is 6.30. The molecule has 0 saturated carbocycles. The molecule has 0 bridgehead atoms. The molecule has 0 atom stereocenters. The van der Waals surface area contributed by atoms with Crippen LogP contribution in [-0.2, 0) is 6.42 Å². The number of hydrogen-bond acceptors (Lipinski definition) is 3. The van der Waals surface area contributed by atoms with E-state index in [1.54, 1.807) is 0 Å². The zero-order chi connectivity index (χ0) is 12.3. The molecule has 1 saturated heterocycles. The summed E-state index contributed by atoms with van der Waals surface area (Å²) in [6.07, 6.45) is 0.916. The lowest BCUT2D eigenvalue weighted by Gasteiger charge is -2.35. The van der Waals surface area contributed by atoms with Crippen LogP contribution in [0.1, 0.15) is 5.56 Å². The molecule has 0 amide bonds. The molecule has 94 valence electrons. The molecule has 1 aromatic carbocycles. The molecule has 0 spiro atoms. The van der Waals surface area contributed by atoms with Crippen molar-refractivity contribution < 1.29 is 0 Å².